The Morgan fingerprint density at radius 1 is 1.27 bits per heavy atom. The van der Waals surface area contributed by atoms with Crippen LogP contribution < -0.4 is 0 Å². The fraction of sp³-hybridized carbons (Fsp3) is 0.600. The zero-order valence-corrected chi connectivity index (χ0v) is 15.3. The first-order valence-electron chi connectivity index (χ1n) is 9.38. The number of aliphatic hydroxyl groups is 1. The maximum Gasteiger partial charge on any atom is 0.254 e. The van der Waals surface area contributed by atoms with Crippen LogP contribution in [0.3, 0.4) is 0 Å². The van der Waals surface area contributed by atoms with Crippen LogP contribution >= 0.6 is 0 Å². The molecule has 2 saturated heterocycles. The molecule has 1 aromatic carbocycles. The molecule has 0 atom stereocenters. The molecule has 1 spiro atoms. The monoisotopic (exact) mass is 362 g/mol. The van der Waals surface area contributed by atoms with Crippen molar-refractivity contribution in [2.75, 3.05) is 32.8 Å². The van der Waals surface area contributed by atoms with Crippen molar-refractivity contribution in [2.24, 2.45) is 5.41 Å². The predicted molar refractivity (Wildman–Crippen MR) is 96.2 cm³/mol. The lowest BCUT2D eigenvalue weighted by atomic mass is 9.72. The van der Waals surface area contributed by atoms with Crippen molar-refractivity contribution in [1.29, 1.82) is 0 Å². The van der Waals surface area contributed by atoms with Crippen LogP contribution in [0.2, 0.25) is 0 Å². The minimum atomic E-state index is -0.391. The maximum absolute atomic E-state index is 13.5. The SMILES string of the molecule is Cc1ccc(F)cc1C(=O)N1CCC2(CCC(=O)N(CCCO)C2)CC1. The Kier molecular flexibility index (Phi) is 5.61. The Bertz CT molecular complexity index is 684. The molecule has 2 heterocycles. The molecular weight excluding hydrogens is 335 g/mol. The highest BCUT2D eigenvalue weighted by Crippen LogP contribution is 2.40. The molecule has 0 radical (unpaired) electrons. The molecule has 0 bridgehead atoms. The Morgan fingerprint density at radius 2 is 2.00 bits per heavy atom. The molecule has 2 aliphatic heterocycles. The normalized spacial score (nSPS) is 19.9. The van der Waals surface area contributed by atoms with Gasteiger partial charge in [0.25, 0.3) is 5.91 Å². The molecule has 0 aliphatic carbocycles. The Balaban J connectivity index is 1.64. The van der Waals surface area contributed by atoms with Gasteiger partial charge in [-0.1, -0.05) is 6.07 Å². The fourth-order valence-electron chi connectivity index (χ4n) is 4.15. The summed E-state index contributed by atoms with van der Waals surface area (Å²) in [7, 11) is 0. The number of amides is 2. The molecule has 3 rings (SSSR count). The molecule has 2 amide bonds. The Labute approximate surface area is 153 Å². The Hall–Kier alpha value is -1.95. The molecule has 6 heteroatoms. The van der Waals surface area contributed by atoms with Crippen molar-refractivity contribution >= 4 is 11.8 Å². The first-order valence-corrected chi connectivity index (χ1v) is 9.38. The second kappa shape index (κ2) is 7.74. The van der Waals surface area contributed by atoms with Crippen molar-refractivity contribution in [2.45, 2.75) is 39.0 Å². The standard InChI is InChI=1S/C20H27FN2O3/c1-15-3-4-16(21)13-17(15)19(26)22-10-7-20(8-11-22)6-5-18(25)23(14-20)9-2-12-24/h3-4,13,24H,2,5-12,14H2,1H3. The van der Waals surface area contributed by atoms with E-state index < -0.39 is 5.82 Å². The summed E-state index contributed by atoms with van der Waals surface area (Å²) in [6.07, 6.45) is 3.72. The molecule has 5 nitrogen and oxygen atoms in total. The molecule has 2 aliphatic rings. The molecule has 0 unspecified atom stereocenters. The lowest BCUT2D eigenvalue weighted by Crippen LogP contribution is -2.52. The third-order valence-corrected chi connectivity index (χ3v) is 5.88. The van der Waals surface area contributed by atoms with Crippen molar-refractivity contribution < 1.29 is 19.1 Å². The second-order valence-electron chi connectivity index (χ2n) is 7.64. The van der Waals surface area contributed by atoms with E-state index in [1.54, 1.807) is 6.07 Å². The minimum Gasteiger partial charge on any atom is -0.396 e. The number of carbonyl (C=O) groups excluding carboxylic acids is 2. The fourth-order valence-corrected chi connectivity index (χ4v) is 4.15. The van der Waals surface area contributed by atoms with Crippen LogP contribution in [0.5, 0.6) is 0 Å². The van der Waals surface area contributed by atoms with Gasteiger partial charge in [-0.2, -0.15) is 0 Å². The first kappa shape index (κ1) is 18.8. The lowest BCUT2D eigenvalue weighted by molar-refractivity contribution is -0.139. The van der Waals surface area contributed by atoms with E-state index in [0.29, 0.717) is 44.6 Å². The average molecular weight is 362 g/mol. The largest absolute Gasteiger partial charge is 0.396 e. The van der Waals surface area contributed by atoms with E-state index in [1.807, 2.05) is 16.7 Å². The number of likely N-dealkylation sites (tertiary alicyclic amines) is 2. The summed E-state index contributed by atoms with van der Waals surface area (Å²) in [4.78, 5) is 28.5. The number of hydrogen-bond donors (Lipinski definition) is 1. The quantitative estimate of drug-likeness (QED) is 0.894. The number of hydrogen-bond acceptors (Lipinski definition) is 3. The van der Waals surface area contributed by atoms with Gasteiger partial charge in [-0.15, -0.1) is 0 Å². The van der Waals surface area contributed by atoms with Gasteiger partial charge >= 0.3 is 0 Å². The lowest BCUT2D eigenvalue weighted by Gasteiger charge is -2.47. The highest BCUT2D eigenvalue weighted by molar-refractivity contribution is 5.95. The number of benzene rings is 1. The van der Waals surface area contributed by atoms with Crippen LogP contribution in [0.25, 0.3) is 0 Å². The van der Waals surface area contributed by atoms with Crippen LogP contribution in [0.15, 0.2) is 18.2 Å². The van der Waals surface area contributed by atoms with E-state index in [-0.39, 0.29) is 23.8 Å². The first-order chi connectivity index (χ1) is 12.4. The highest BCUT2D eigenvalue weighted by Gasteiger charge is 2.41. The third-order valence-electron chi connectivity index (χ3n) is 5.88. The van der Waals surface area contributed by atoms with Gasteiger partial charge < -0.3 is 14.9 Å². The van der Waals surface area contributed by atoms with E-state index in [9.17, 15) is 14.0 Å². The topological polar surface area (TPSA) is 60.9 Å². The molecular formula is C20H27FN2O3. The van der Waals surface area contributed by atoms with Gasteiger partial charge in [0.1, 0.15) is 5.82 Å². The number of aliphatic hydroxyl groups excluding tert-OH is 1. The summed E-state index contributed by atoms with van der Waals surface area (Å²) in [5.74, 6) is -0.336. The van der Waals surface area contributed by atoms with Gasteiger partial charge in [-0.3, -0.25) is 9.59 Å². The van der Waals surface area contributed by atoms with Gasteiger partial charge in [-0.25, -0.2) is 4.39 Å². The number of carbonyl (C=O) groups is 2. The van der Waals surface area contributed by atoms with Gasteiger partial charge in [0.15, 0.2) is 0 Å². The number of nitrogens with zero attached hydrogens (tertiary/aromatic N) is 2. The summed E-state index contributed by atoms with van der Waals surface area (Å²) < 4.78 is 13.5. The third kappa shape index (κ3) is 3.90. The van der Waals surface area contributed by atoms with E-state index in [1.165, 1.54) is 12.1 Å². The van der Waals surface area contributed by atoms with Crippen LogP contribution in [0, 0.1) is 18.2 Å². The summed E-state index contributed by atoms with van der Waals surface area (Å²) in [6, 6.07) is 4.33. The number of piperidine rings is 2. The summed E-state index contributed by atoms with van der Waals surface area (Å²) in [5.41, 5.74) is 1.29. The zero-order chi connectivity index (χ0) is 18.7. The van der Waals surface area contributed by atoms with E-state index in [2.05, 4.69) is 0 Å². The van der Waals surface area contributed by atoms with E-state index in [4.69, 9.17) is 5.11 Å². The smallest absolute Gasteiger partial charge is 0.254 e. The number of halogens is 1. The van der Waals surface area contributed by atoms with Crippen molar-refractivity contribution in [3.05, 3.63) is 35.1 Å². The number of rotatable bonds is 4. The molecule has 26 heavy (non-hydrogen) atoms. The van der Waals surface area contributed by atoms with Crippen LogP contribution in [0.1, 0.15) is 48.0 Å². The predicted octanol–water partition coefficient (Wildman–Crippen LogP) is 2.36. The highest BCUT2D eigenvalue weighted by atomic mass is 19.1. The van der Waals surface area contributed by atoms with Gasteiger partial charge in [0.05, 0.1) is 0 Å². The molecule has 1 N–H and O–H groups in total. The molecule has 0 aromatic heterocycles. The number of aryl methyl sites for hydroxylation is 1. The van der Waals surface area contributed by atoms with E-state index in [0.717, 1.165) is 24.8 Å². The maximum atomic E-state index is 13.5. The minimum absolute atomic E-state index is 0.0666. The van der Waals surface area contributed by atoms with E-state index >= 15 is 0 Å². The van der Waals surface area contributed by atoms with Crippen LogP contribution in [0.4, 0.5) is 4.39 Å². The Morgan fingerprint density at radius 3 is 2.69 bits per heavy atom. The van der Waals surface area contributed by atoms with Crippen LogP contribution in [-0.2, 0) is 4.79 Å². The van der Waals surface area contributed by atoms with Gasteiger partial charge in [0, 0.05) is 44.8 Å². The molecule has 2 fully saturated rings. The van der Waals surface area contributed by atoms with Crippen molar-refractivity contribution in [3.63, 3.8) is 0 Å². The van der Waals surface area contributed by atoms with Crippen molar-refractivity contribution in [1.82, 2.24) is 9.80 Å². The second-order valence-corrected chi connectivity index (χ2v) is 7.64. The van der Waals surface area contributed by atoms with Crippen molar-refractivity contribution in [3.8, 4) is 0 Å². The molecule has 1 aromatic rings. The zero-order valence-electron chi connectivity index (χ0n) is 15.3. The molecule has 142 valence electrons. The van der Waals surface area contributed by atoms with Gasteiger partial charge in [0.2, 0.25) is 5.91 Å². The summed E-state index contributed by atoms with van der Waals surface area (Å²) in [5, 5.41) is 9.02. The summed E-state index contributed by atoms with van der Waals surface area (Å²) in [6.45, 7) is 4.50. The molecule has 0 saturated carbocycles. The summed E-state index contributed by atoms with van der Waals surface area (Å²) >= 11 is 0. The van der Waals surface area contributed by atoms with Crippen LogP contribution in [-0.4, -0.2) is 59.5 Å². The van der Waals surface area contributed by atoms with Gasteiger partial charge in [-0.05, 0) is 55.7 Å². The average Bonchev–Trinajstić information content (AvgIpc) is 2.65.